The van der Waals surface area contributed by atoms with Crippen LogP contribution in [0.15, 0.2) is 59.8 Å². The fraction of sp³-hybridized carbons (Fsp3) is 0.292. The number of hydrogen-bond donors (Lipinski definition) is 0. The highest BCUT2D eigenvalue weighted by Crippen LogP contribution is 2.31. The van der Waals surface area contributed by atoms with Crippen LogP contribution < -0.4 is 0 Å². The number of rotatable bonds is 7. The summed E-state index contributed by atoms with van der Waals surface area (Å²) in [7, 11) is -4.27. The largest absolute Gasteiger partial charge is 0.433 e. The number of alkyl halides is 4. The number of Topliss-reactive ketones (excluding diaryl/α,β-unsaturated/α-hetero) is 1. The molecule has 2 aromatic heterocycles. The van der Waals surface area contributed by atoms with Crippen molar-refractivity contribution in [3.05, 3.63) is 77.9 Å². The molecule has 0 N–H and O–H groups in total. The summed E-state index contributed by atoms with van der Waals surface area (Å²) in [4.78, 5) is 19.8. The molecular formula is C24H19F6N3O3S. The SMILES string of the molecule is O=C(CCc1cc(-c2ccc(C(F)(F)F)nc2)c(F)cn1)[C@@H]1[C@@H](F)CCN1S(=O)(=O)c1ccc(F)cc1. The van der Waals surface area contributed by atoms with Gasteiger partial charge in [0.2, 0.25) is 10.0 Å². The molecule has 4 rings (SSSR count). The zero-order valence-electron chi connectivity index (χ0n) is 18.9. The number of carbonyl (C=O) groups is 1. The monoisotopic (exact) mass is 543 g/mol. The number of hydrogen-bond acceptors (Lipinski definition) is 5. The maximum atomic E-state index is 14.6. The summed E-state index contributed by atoms with van der Waals surface area (Å²) in [6.07, 6.45) is -5.34. The lowest BCUT2D eigenvalue weighted by atomic mass is 10.0. The number of aromatic nitrogens is 2. The molecule has 3 aromatic rings. The average Bonchev–Trinajstić information content (AvgIpc) is 3.25. The number of pyridine rings is 2. The molecule has 1 aliphatic heterocycles. The second-order valence-corrected chi connectivity index (χ2v) is 10.3. The molecule has 0 aliphatic carbocycles. The van der Waals surface area contributed by atoms with Gasteiger partial charge in [-0.1, -0.05) is 6.07 Å². The van der Waals surface area contributed by atoms with Gasteiger partial charge < -0.3 is 0 Å². The van der Waals surface area contributed by atoms with Crippen LogP contribution in [0.5, 0.6) is 0 Å². The van der Waals surface area contributed by atoms with Gasteiger partial charge in [0.05, 0.1) is 11.1 Å². The standard InChI is InChI=1S/C24H19F6N3O3S/c25-15-2-5-17(6-3-15)37(35,36)33-10-9-19(26)23(33)21(34)7-4-16-11-18(20(27)13-31-16)14-1-8-22(32-12-14)24(28,29)30/h1-3,5-6,8,11-13,19,23H,4,7,9-10H2/t19-,23-/m0/s1. The van der Waals surface area contributed by atoms with E-state index < -0.39 is 51.5 Å². The zero-order chi connectivity index (χ0) is 27.0. The molecule has 0 unspecified atom stereocenters. The van der Waals surface area contributed by atoms with Gasteiger partial charge in [0.25, 0.3) is 0 Å². The van der Waals surface area contributed by atoms with Crippen molar-refractivity contribution in [1.29, 1.82) is 0 Å². The second kappa shape index (κ2) is 10.2. The summed E-state index contributed by atoms with van der Waals surface area (Å²) in [5.41, 5.74) is -1.000. The van der Waals surface area contributed by atoms with Crippen LogP contribution >= 0.6 is 0 Å². The highest BCUT2D eigenvalue weighted by atomic mass is 32.2. The van der Waals surface area contributed by atoms with Gasteiger partial charge in [-0.2, -0.15) is 17.5 Å². The van der Waals surface area contributed by atoms with Crippen LogP contribution in [0.25, 0.3) is 11.1 Å². The minimum absolute atomic E-state index is 0.0525. The first-order chi connectivity index (χ1) is 17.4. The zero-order valence-corrected chi connectivity index (χ0v) is 19.7. The van der Waals surface area contributed by atoms with Crippen LogP contribution in [0.2, 0.25) is 0 Å². The van der Waals surface area contributed by atoms with E-state index in [0.29, 0.717) is 6.07 Å². The summed E-state index contributed by atoms with van der Waals surface area (Å²) in [5, 5.41) is 0. The number of carbonyl (C=O) groups excluding carboxylic acids is 1. The first kappa shape index (κ1) is 26.7. The fourth-order valence-corrected chi connectivity index (χ4v) is 5.71. The summed E-state index contributed by atoms with van der Waals surface area (Å²) in [5.74, 6) is -2.21. The molecule has 0 amide bonds. The van der Waals surface area contributed by atoms with E-state index in [4.69, 9.17) is 0 Å². The number of aryl methyl sites for hydroxylation is 1. The van der Waals surface area contributed by atoms with Crippen LogP contribution in [0.3, 0.4) is 0 Å². The molecular weight excluding hydrogens is 524 g/mol. The Labute approximate surface area is 208 Å². The highest BCUT2D eigenvalue weighted by Gasteiger charge is 2.45. The predicted octanol–water partition coefficient (Wildman–Crippen LogP) is 4.74. The minimum atomic E-state index is -4.66. The van der Waals surface area contributed by atoms with Crippen LogP contribution in [0.4, 0.5) is 26.3 Å². The molecule has 0 bridgehead atoms. The number of halogens is 6. The van der Waals surface area contributed by atoms with E-state index >= 15 is 0 Å². The molecule has 2 atom stereocenters. The van der Waals surface area contributed by atoms with Crippen molar-refractivity contribution >= 4 is 15.8 Å². The van der Waals surface area contributed by atoms with Crippen molar-refractivity contribution in [2.24, 2.45) is 0 Å². The smallest absolute Gasteiger partial charge is 0.298 e. The van der Waals surface area contributed by atoms with E-state index in [1.807, 2.05) is 0 Å². The van der Waals surface area contributed by atoms with Crippen molar-refractivity contribution in [3.63, 3.8) is 0 Å². The van der Waals surface area contributed by atoms with Gasteiger partial charge in [-0.05, 0) is 49.2 Å². The fourth-order valence-electron chi connectivity index (χ4n) is 4.06. The van der Waals surface area contributed by atoms with Gasteiger partial charge in [0.1, 0.15) is 29.5 Å². The normalized spacial score (nSPS) is 18.8. The van der Waals surface area contributed by atoms with Crippen molar-refractivity contribution in [1.82, 2.24) is 14.3 Å². The van der Waals surface area contributed by atoms with E-state index in [2.05, 4.69) is 9.97 Å². The lowest BCUT2D eigenvalue weighted by Crippen LogP contribution is -2.44. The van der Waals surface area contributed by atoms with Gasteiger partial charge in [0, 0.05) is 36.0 Å². The predicted molar refractivity (Wildman–Crippen MR) is 119 cm³/mol. The Kier molecular flexibility index (Phi) is 7.38. The van der Waals surface area contributed by atoms with Crippen LogP contribution in [-0.2, 0) is 27.4 Å². The van der Waals surface area contributed by atoms with Crippen molar-refractivity contribution in [2.75, 3.05) is 6.54 Å². The maximum Gasteiger partial charge on any atom is 0.433 e. The minimum Gasteiger partial charge on any atom is -0.298 e. The number of benzene rings is 1. The van der Waals surface area contributed by atoms with Gasteiger partial charge >= 0.3 is 6.18 Å². The lowest BCUT2D eigenvalue weighted by Gasteiger charge is -2.24. The average molecular weight is 543 g/mol. The quantitative estimate of drug-likeness (QED) is 0.402. The van der Waals surface area contributed by atoms with E-state index in [-0.39, 0.29) is 47.5 Å². The van der Waals surface area contributed by atoms with Crippen LogP contribution in [0, 0.1) is 11.6 Å². The van der Waals surface area contributed by atoms with Gasteiger partial charge in [-0.15, -0.1) is 0 Å². The van der Waals surface area contributed by atoms with Crippen molar-refractivity contribution in [2.45, 2.75) is 42.5 Å². The molecule has 196 valence electrons. The van der Waals surface area contributed by atoms with Gasteiger partial charge in [-0.25, -0.2) is 21.6 Å². The second-order valence-electron chi connectivity index (χ2n) is 8.37. The third kappa shape index (κ3) is 5.67. The first-order valence-electron chi connectivity index (χ1n) is 11.0. The molecule has 3 heterocycles. The molecule has 1 aromatic carbocycles. The van der Waals surface area contributed by atoms with Crippen molar-refractivity contribution < 1.29 is 39.6 Å². The Morgan fingerprint density at radius 2 is 1.73 bits per heavy atom. The summed E-state index contributed by atoms with van der Waals surface area (Å²) in [6, 6.07) is 5.34. The van der Waals surface area contributed by atoms with Gasteiger partial charge in [0.15, 0.2) is 5.78 Å². The van der Waals surface area contributed by atoms with E-state index in [0.717, 1.165) is 47.0 Å². The Hall–Kier alpha value is -3.32. The topological polar surface area (TPSA) is 80.2 Å². The molecule has 37 heavy (non-hydrogen) atoms. The maximum absolute atomic E-state index is 14.6. The Morgan fingerprint density at radius 3 is 2.35 bits per heavy atom. The number of sulfonamides is 1. The molecule has 1 saturated heterocycles. The molecule has 1 aliphatic rings. The van der Waals surface area contributed by atoms with Crippen LogP contribution in [-0.4, -0.2) is 47.2 Å². The Morgan fingerprint density at radius 1 is 1.03 bits per heavy atom. The third-order valence-corrected chi connectivity index (χ3v) is 7.83. The lowest BCUT2D eigenvalue weighted by molar-refractivity contribution is -0.141. The summed E-state index contributed by atoms with van der Waals surface area (Å²) >= 11 is 0. The van der Waals surface area contributed by atoms with E-state index in [1.54, 1.807) is 0 Å². The Bertz CT molecular complexity index is 1400. The summed E-state index contributed by atoms with van der Waals surface area (Å²) in [6.45, 7) is -0.239. The number of ketones is 1. The third-order valence-electron chi connectivity index (χ3n) is 5.93. The first-order valence-corrected chi connectivity index (χ1v) is 12.4. The number of nitrogens with zero attached hydrogens (tertiary/aromatic N) is 3. The van der Waals surface area contributed by atoms with Crippen molar-refractivity contribution in [3.8, 4) is 11.1 Å². The molecule has 1 fully saturated rings. The van der Waals surface area contributed by atoms with Crippen LogP contribution in [0.1, 0.15) is 24.2 Å². The Balaban J connectivity index is 1.50. The molecule has 0 radical (unpaired) electrons. The molecule has 0 spiro atoms. The summed E-state index contributed by atoms with van der Waals surface area (Å²) < 4.78 is 107. The van der Waals surface area contributed by atoms with Gasteiger partial charge in [-0.3, -0.25) is 14.8 Å². The van der Waals surface area contributed by atoms with E-state index in [1.165, 1.54) is 6.07 Å². The molecule has 13 heteroatoms. The van der Waals surface area contributed by atoms with E-state index in [9.17, 15) is 39.6 Å². The highest BCUT2D eigenvalue weighted by molar-refractivity contribution is 7.89. The molecule has 0 saturated carbocycles. The molecule has 6 nitrogen and oxygen atoms in total.